The molecule has 2 rings (SSSR count). The molecule has 0 aliphatic carbocycles. The first-order valence-electron chi connectivity index (χ1n) is 5.34. The maximum atomic E-state index is 6.14. The Labute approximate surface area is 102 Å². The van der Waals surface area contributed by atoms with Crippen LogP contribution in [0.4, 0.5) is 0 Å². The molecule has 88 valence electrons. The third-order valence-electron chi connectivity index (χ3n) is 2.75. The van der Waals surface area contributed by atoms with Crippen molar-refractivity contribution in [3.8, 4) is 0 Å². The van der Waals surface area contributed by atoms with Crippen molar-refractivity contribution < 1.29 is 0 Å². The Kier molecular flexibility index (Phi) is 4.80. The summed E-state index contributed by atoms with van der Waals surface area (Å²) in [5, 5.41) is 1.22. The number of H-pyrrole nitrogens is 1. The van der Waals surface area contributed by atoms with Gasteiger partial charge in [0.25, 0.3) is 0 Å². The van der Waals surface area contributed by atoms with Crippen molar-refractivity contribution in [2.75, 3.05) is 6.54 Å². The summed E-state index contributed by atoms with van der Waals surface area (Å²) < 4.78 is 0. The fourth-order valence-electron chi connectivity index (χ4n) is 1.93. The third kappa shape index (κ3) is 2.55. The van der Waals surface area contributed by atoms with E-state index in [-0.39, 0.29) is 18.4 Å². The van der Waals surface area contributed by atoms with Gasteiger partial charge in [-0.3, -0.25) is 0 Å². The lowest BCUT2D eigenvalue weighted by atomic mass is 9.99. The second kappa shape index (κ2) is 5.89. The molecule has 1 atom stereocenters. The Morgan fingerprint density at radius 3 is 2.81 bits per heavy atom. The van der Waals surface area contributed by atoms with E-state index in [0.717, 1.165) is 18.4 Å². The van der Waals surface area contributed by atoms with E-state index in [2.05, 4.69) is 23.2 Å². The number of rotatable bonds is 4. The van der Waals surface area contributed by atoms with Crippen LogP contribution >= 0.6 is 12.4 Å². The Bertz CT molecular complexity index is 439. The van der Waals surface area contributed by atoms with Crippen molar-refractivity contribution in [3.63, 3.8) is 0 Å². The topological polar surface area (TPSA) is 67.8 Å². The lowest BCUT2D eigenvalue weighted by molar-refractivity contribution is 0.621. The van der Waals surface area contributed by atoms with Gasteiger partial charge in [0.15, 0.2) is 0 Å². The van der Waals surface area contributed by atoms with Gasteiger partial charge < -0.3 is 16.5 Å². The highest BCUT2D eigenvalue weighted by molar-refractivity contribution is 5.85. The van der Waals surface area contributed by atoms with Crippen molar-refractivity contribution in [2.45, 2.75) is 18.9 Å². The van der Waals surface area contributed by atoms with Gasteiger partial charge in [0, 0.05) is 23.1 Å². The number of hydrogen-bond acceptors (Lipinski definition) is 2. The second-order valence-corrected chi connectivity index (χ2v) is 3.82. The number of hydrogen-bond donors (Lipinski definition) is 3. The number of nitrogens with two attached hydrogens (primary N) is 2. The van der Waals surface area contributed by atoms with Crippen molar-refractivity contribution in [2.24, 2.45) is 11.5 Å². The van der Waals surface area contributed by atoms with Crippen molar-refractivity contribution in [1.82, 2.24) is 4.98 Å². The molecule has 0 radical (unpaired) electrons. The van der Waals surface area contributed by atoms with E-state index in [1.165, 1.54) is 10.9 Å². The number of halogens is 1. The molecule has 0 aliphatic heterocycles. The Morgan fingerprint density at radius 1 is 1.25 bits per heavy atom. The van der Waals surface area contributed by atoms with Crippen LogP contribution in [0.5, 0.6) is 0 Å². The van der Waals surface area contributed by atoms with Crippen LogP contribution in [0, 0.1) is 0 Å². The van der Waals surface area contributed by atoms with Gasteiger partial charge in [0.05, 0.1) is 0 Å². The minimum absolute atomic E-state index is 0. The summed E-state index contributed by atoms with van der Waals surface area (Å²) in [6.07, 6.45) is 3.87. The zero-order valence-electron chi connectivity index (χ0n) is 9.15. The summed E-state index contributed by atoms with van der Waals surface area (Å²) in [7, 11) is 0. The van der Waals surface area contributed by atoms with Gasteiger partial charge >= 0.3 is 0 Å². The average molecular weight is 240 g/mol. The van der Waals surface area contributed by atoms with E-state index in [4.69, 9.17) is 11.5 Å². The Balaban J connectivity index is 0.00000128. The van der Waals surface area contributed by atoms with E-state index < -0.39 is 0 Å². The Morgan fingerprint density at radius 2 is 2.06 bits per heavy atom. The standard InChI is InChI=1S/C12H17N3.ClH/c13-7-2-4-11(14)9-3-1-5-12-10(9)6-8-15-12;/h1,3,5-6,8,11,15H,2,4,7,13-14H2;1H/t11-;/m1./s1. The van der Waals surface area contributed by atoms with E-state index in [1.54, 1.807) is 0 Å². The van der Waals surface area contributed by atoms with Crippen LogP contribution in [0.3, 0.4) is 0 Å². The van der Waals surface area contributed by atoms with Crippen LogP contribution in [0.25, 0.3) is 10.9 Å². The van der Waals surface area contributed by atoms with Gasteiger partial charge in [0.2, 0.25) is 0 Å². The molecule has 0 bridgehead atoms. The SMILES string of the molecule is Cl.NCCC[C@@H](N)c1cccc2[nH]ccc12. The van der Waals surface area contributed by atoms with Crippen molar-refractivity contribution >= 4 is 23.3 Å². The van der Waals surface area contributed by atoms with Crippen LogP contribution in [0.15, 0.2) is 30.5 Å². The van der Waals surface area contributed by atoms with Crippen molar-refractivity contribution in [3.05, 3.63) is 36.0 Å². The summed E-state index contributed by atoms with van der Waals surface area (Å²) >= 11 is 0. The van der Waals surface area contributed by atoms with Gasteiger partial charge in [-0.2, -0.15) is 0 Å². The summed E-state index contributed by atoms with van der Waals surface area (Å²) in [6.45, 7) is 0.705. The molecule has 0 fully saturated rings. The molecule has 5 N–H and O–H groups in total. The van der Waals surface area contributed by atoms with Gasteiger partial charge in [-0.15, -0.1) is 12.4 Å². The van der Waals surface area contributed by atoms with Crippen LogP contribution in [0.2, 0.25) is 0 Å². The molecular weight excluding hydrogens is 222 g/mol. The third-order valence-corrected chi connectivity index (χ3v) is 2.75. The second-order valence-electron chi connectivity index (χ2n) is 3.82. The molecule has 2 aromatic rings. The zero-order chi connectivity index (χ0) is 10.7. The number of nitrogens with one attached hydrogen (secondary N) is 1. The first-order valence-corrected chi connectivity index (χ1v) is 5.34. The maximum absolute atomic E-state index is 6.14. The molecule has 0 unspecified atom stereocenters. The van der Waals surface area contributed by atoms with E-state index in [9.17, 15) is 0 Å². The smallest absolute Gasteiger partial charge is 0.0457 e. The Hall–Kier alpha value is -1.03. The highest BCUT2D eigenvalue weighted by Gasteiger charge is 2.09. The van der Waals surface area contributed by atoms with Crippen LogP contribution < -0.4 is 11.5 Å². The fraction of sp³-hybridized carbons (Fsp3) is 0.333. The highest BCUT2D eigenvalue weighted by atomic mass is 35.5. The first kappa shape index (κ1) is 13.0. The molecule has 16 heavy (non-hydrogen) atoms. The molecule has 0 aliphatic rings. The minimum Gasteiger partial charge on any atom is -0.361 e. The molecule has 0 saturated heterocycles. The molecule has 0 saturated carbocycles. The molecule has 0 amide bonds. The molecule has 4 heteroatoms. The summed E-state index contributed by atoms with van der Waals surface area (Å²) in [5.74, 6) is 0. The van der Waals surface area contributed by atoms with Gasteiger partial charge in [0.1, 0.15) is 0 Å². The van der Waals surface area contributed by atoms with Crippen LogP contribution in [-0.2, 0) is 0 Å². The number of aromatic amines is 1. The van der Waals surface area contributed by atoms with Crippen LogP contribution in [0.1, 0.15) is 24.4 Å². The summed E-state index contributed by atoms with van der Waals surface area (Å²) in [4.78, 5) is 3.19. The normalized spacial score (nSPS) is 12.4. The summed E-state index contributed by atoms with van der Waals surface area (Å²) in [6, 6.07) is 8.36. The molecule has 1 aromatic carbocycles. The van der Waals surface area contributed by atoms with Crippen molar-refractivity contribution in [1.29, 1.82) is 0 Å². The maximum Gasteiger partial charge on any atom is 0.0457 e. The molecular formula is C12H18ClN3. The van der Waals surface area contributed by atoms with Gasteiger partial charge in [-0.05, 0) is 37.1 Å². The highest BCUT2D eigenvalue weighted by Crippen LogP contribution is 2.24. The van der Waals surface area contributed by atoms with E-state index in [1.807, 2.05) is 12.3 Å². The van der Waals surface area contributed by atoms with E-state index in [0.29, 0.717) is 6.54 Å². The molecule has 3 nitrogen and oxygen atoms in total. The average Bonchev–Trinajstić information content (AvgIpc) is 2.73. The number of aromatic nitrogens is 1. The predicted molar refractivity (Wildman–Crippen MR) is 70.8 cm³/mol. The lowest BCUT2D eigenvalue weighted by Gasteiger charge is -2.12. The largest absolute Gasteiger partial charge is 0.361 e. The first-order chi connectivity index (χ1) is 7.33. The van der Waals surface area contributed by atoms with Gasteiger partial charge in [-0.25, -0.2) is 0 Å². The number of fused-ring (bicyclic) bond motifs is 1. The van der Waals surface area contributed by atoms with Gasteiger partial charge in [-0.1, -0.05) is 12.1 Å². The fourth-order valence-corrected chi connectivity index (χ4v) is 1.93. The number of benzene rings is 1. The molecule has 1 heterocycles. The molecule has 0 spiro atoms. The quantitative estimate of drug-likeness (QED) is 0.767. The van der Waals surface area contributed by atoms with Crippen LogP contribution in [-0.4, -0.2) is 11.5 Å². The summed E-state index contributed by atoms with van der Waals surface area (Å²) in [5.41, 5.74) is 14.0. The lowest BCUT2D eigenvalue weighted by Crippen LogP contribution is -2.12. The molecule has 1 aromatic heterocycles. The monoisotopic (exact) mass is 239 g/mol. The van der Waals surface area contributed by atoms with E-state index >= 15 is 0 Å². The zero-order valence-corrected chi connectivity index (χ0v) is 9.96. The minimum atomic E-state index is 0. The predicted octanol–water partition coefficient (Wildman–Crippen LogP) is 2.33.